The van der Waals surface area contributed by atoms with E-state index in [2.05, 4.69) is 15.4 Å². The van der Waals surface area contributed by atoms with Crippen molar-refractivity contribution < 1.29 is 9.72 Å². The van der Waals surface area contributed by atoms with Gasteiger partial charge in [-0.3, -0.25) is 4.79 Å². The Balaban J connectivity index is 1.42. The molecule has 1 aliphatic heterocycles. The molecule has 1 N–H and O–H groups in total. The van der Waals surface area contributed by atoms with E-state index < -0.39 is 4.92 Å². The minimum Gasteiger partial charge on any atom is -0.363 e. The van der Waals surface area contributed by atoms with E-state index in [-0.39, 0.29) is 11.7 Å². The minimum absolute atomic E-state index is 0.0822. The van der Waals surface area contributed by atoms with Gasteiger partial charge in [-0.05, 0) is 47.9 Å². The van der Waals surface area contributed by atoms with Gasteiger partial charge in [-0.2, -0.15) is 0 Å². The third-order valence-electron chi connectivity index (χ3n) is 4.85. The van der Waals surface area contributed by atoms with Gasteiger partial charge in [0.05, 0.1) is 0 Å². The molecule has 1 aromatic carbocycles. The molecule has 1 saturated heterocycles. The Bertz CT molecular complexity index is 1010. The van der Waals surface area contributed by atoms with Crippen molar-refractivity contribution in [2.24, 2.45) is 0 Å². The van der Waals surface area contributed by atoms with Crippen LogP contribution in [0.3, 0.4) is 0 Å². The fourth-order valence-corrected chi connectivity index (χ4v) is 3.32. The van der Waals surface area contributed by atoms with Crippen molar-refractivity contribution in [3.8, 4) is 0 Å². The number of hydrogen-bond acceptors (Lipinski definition) is 6. The lowest BCUT2D eigenvalue weighted by Gasteiger charge is -2.26. The molecule has 0 spiro atoms. The van der Waals surface area contributed by atoms with Gasteiger partial charge in [0, 0.05) is 31.3 Å². The second-order valence-electron chi connectivity index (χ2n) is 6.77. The number of nitrogens with one attached hydrogen (secondary N) is 1. The Morgan fingerprint density at radius 1 is 1.11 bits per heavy atom. The average molecular weight is 380 g/mol. The highest BCUT2D eigenvalue weighted by Gasteiger charge is 2.18. The molecule has 0 saturated carbocycles. The number of piperidine rings is 1. The second-order valence-corrected chi connectivity index (χ2v) is 6.77. The summed E-state index contributed by atoms with van der Waals surface area (Å²) >= 11 is 0. The zero-order valence-electron chi connectivity index (χ0n) is 15.2. The SMILES string of the molecule is O=C(c1ccc(CNc2ccc3ncc([N+](=O)[O-])n3n2)cc1)N1CCCCC1. The van der Waals surface area contributed by atoms with E-state index in [9.17, 15) is 14.9 Å². The molecule has 0 atom stereocenters. The van der Waals surface area contributed by atoms with Gasteiger partial charge in [0.15, 0.2) is 5.82 Å². The number of aromatic nitrogens is 3. The molecule has 0 radical (unpaired) electrons. The van der Waals surface area contributed by atoms with E-state index >= 15 is 0 Å². The molecule has 1 aliphatic rings. The first kappa shape index (κ1) is 17.9. The molecule has 9 nitrogen and oxygen atoms in total. The quantitative estimate of drug-likeness (QED) is 0.539. The number of benzene rings is 1. The van der Waals surface area contributed by atoms with Crippen LogP contribution in [0, 0.1) is 10.1 Å². The fourth-order valence-electron chi connectivity index (χ4n) is 3.32. The first-order valence-electron chi connectivity index (χ1n) is 9.23. The van der Waals surface area contributed by atoms with Gasteiger partial charge in [-0.25, -0.2) is 4.98 Å². The van der Waals surface area contributed by atoms with Gasteiger partial charge in [-0.1, -0.05) is 21.7 Å². The monoisotopic (exact) mass is 380 g/mol. The van der Waals surface area contributed by atoms with Crippen molar-refractivity contribution in [1.82, 2.24) is 19.5 Å². The first-order valence-corrected chi connectivity index (χ1v) is 9.23. The maximum atomic E-state index is 12.5. The van der Waals surface area contributed by atoms with E-state index in [0.29, 0.717) is 23.6 Å². The van der Waals surface area contributed by atoms with Crippen LogP contribution >= 0.6 is 0 Å². The van der Waals surface area contributed by atoms with Crippen LogP contribution in [0.5, 0.6) is 0 Å². The number of fused-ring (bicyclic) bond motifs is 1. The molecular weight excluding hydrogens is 360 g/mol. The summed E-state index contributed by atoms with van der Waals surface area (Å²) in [7, 11) is 0. The Hall–Kier alpha value is -3.49. The molecule has 3 heterocycles. The molecule has 4 rings (SSSR count). The van der Waals surface area contributed by atoms with E-state index in [1.165, 1.54) is 17.1 Å². The number of carbonyl (C=O) groups is 1. The predicted octanol–water partition coefficient (Wildman–Crippen LogP) is 2.88. The molecule has 0 aliphatic carbocycles. The smallest absolute Gasteiger partial charge is 0.363 e. The van der Waals surface area contributed by atoms with Gasteiger partial charge in [-0.15, -0.1) is 0 Å². The number of imidazole rings is 1. The molecule has 2 aromatic heterocycles. The lowest BCUT2D eigenvalue weighted by molar-refractivity contribution is -0.391. The molecular formula is C19H20N6O3. The maximum Gasteiger partial charge on any atom is 0.368 e. The third-order valence-corrected chi connectivity index (χ3v) is 4.85. The van der Waals surface area contributed by atoms with E-state index in [1.807, 2.05) is 29.2 Å². The molecule has 0 unspecified atom stereocenters. The van der Waals surface area contributed by atoms with Crippen LogP contribution in [0.1, 0.15) is 35.2 Å². The normalized spacial score (nSPS) is 14.2. The summed E-state index contributed by atoms with van der Waals surface area (Å²) in [5, 5.41) is 18.4. The van der Waals surface area contributed by atoms with E-state index in [1.54, 1.807) is 12.1 Å². The number of hydrogen-bond donors (Lipinski definition) is 1. The standard InChI is InChI=1S/C19H20N6O3/c26-19(23-10-2-1-3-11-23)15-6-4-14(5-7-15)12-20-16-8-9-17-21-13-18(25(27)28)24(17)22-16/h4-9,13H,1-3,10-12H2,(H,20,22). The van der Waals surface area contributed by atoms with Gasteiger partial charge in [0.25, 0.3) is 5.91 Å². The average Bonchev–Trinajstić information content (AvgIpc) is 3.16. The van der Waals surface area contributed by atoms with Crippen molar-refractivity contribution in [3.05, 3.63) is 63.8 Å². The number of amides is 1. The number of anilines is 1. The molecule has 144 valence electrons. The number of carbonyl (C=O) groups excluding carboxylic acids is 1. The van der Waals surface area contributed by atoms with Crippen LogP contribution in [0.15, 0.2) is 42.6 Å². The van der Waals surface area contributed by atoms with E-state index in [4.69, 9.17) is 0 Å². The summed E-state index contributed by atoms with van der Waals surface area (Å²) in [6.07, 6.45) is 4.51. The van der Waals surface area contributed by atoms with Crippen LogP contribution < -0.4 is 5.32 Å². The van der Waals surface area contributed by atoms with E-state index in [0.717, 1.165) is 31.5 Å². The summed E-state index contributed by atoms with van der Waals surface area (Å²) in [6.45, 7) is 2.15. The second kappa shape index (κ2) is 7.63. The zero-order valence-corrected chi connectivity index (χ0v) is 15.2. The molecule has 28 heavy (non-hydrogen) atoms. The molecule has 1 fully saturated rings. The van der Waals surface area contributed by atoms with Crippen LogP contribution in [0.25, 0.3) is 5.65 Å². The maximum absolute atomic E-state index is 12.5. The predicted molar refractivity (Wildman–Crippen MR) is 103 cm³/mol. The summed E-state index contributed by atoms with van der Waals surface area (Å²) < 4.78 is 1.20. The molecule has 1 amide bonds. The van der Waals surface area contributed by atoms with Crippen LogP contribution in [0.4, 0.5) is 11.6 Å². The number of nitrogens with zero attached hydrogens (tertiary/aromatic N) is 5. The van der Waals surface area contributed by atoms with Crippen molar-refractivity contribution in [1.29, 1.82) is 0 Å². The minimum atomic E-state index is -0.519. The van der Waals surface area contributed by atoms with Gasteiger partial charge in [0.1, 0.15) is 6.20 Å². The van der Waals surface area contributed by atoms with Crippen LogP contribution in [0.2, 0.25) is 0 Å². The summed E-state index contributed by atoms with van der Waals surface area (Å²) in [5.74, 6) is 0.403. The summed E-state index contributed by atoms with van der Waals surface area (Å²) in [5.41, 5.74) is 2.09. The fraction of sp³-hybridized carbons (Fsp3) is 0.316. The Morgan fingerprint density at radius 2 is 1.86 bits per heavy atom. The third kappa shape index (κ3) is 3.64. The highest BCUT2D eigenvalue weighted by atomic mass is 16.6. The molecule has 3 aromatic rings. The van der Waals surface area contributed by atoms with Gasteiger partial charge >= 0.3 is 5.82 Å². The zero-order chi connectivity index (χ0) is 19.5. The van der Waals surface area contributed by atoms with Crippen molar-refractivity contribution >= 4 is 23.2 Å². The van der Waals surface area contributed by atoms with Gasteiger partial charge < -0.3 is 20.3 Å². The number of nitro groups is 1. The Morgan fingerprint density at radius 3 is 2.57 bits per heavy atom. The highest BCUT2D eigenvalue weighted by Crippen LogP contribution is 2.16. The first-order chi connectivity index (χ1) is 13.6. The Labute approximate surface area is 161 Å². The van der Waals surface area contributed by atoms with Crippen molar-refractivity contribution in [3.63, 3.8) is 0 Å². The van der Waals surface area contributed by atoms with Crippen molar-refractivity contribution in [2.45, 2.75) is 25.8 Å². The summed E-state index contributed by atoms with van der Waals surface area (Å²) in [6, 6.07) is 10.9. The molecule has 9 heteroatoms. The number of rotatable bonds is 5. The van der Waals surface area contributed by atoms with Crippen LogP contribution in [-0.4, -0.2) is 43.4 Å². The molecule has 0 bridgehead atoms. The topological polar surface area (TPSA) is 106 Å². The largest absolute Gasteiger partial charge is 0.368 e. The number of likely N-dealkylation sites (tertiary alicyclic amines) is 1. The highest BCUT2D eigenvalue weighted by molar-refractivity contribution is 5.94. The van der Waals surface area contributed by atoms with Crippen molar-refractivity contribution in [2.75, 3.05) is 18.4 Å². The lowest BCUT2D eigenvalue weighted by Crippen LogP contribution is -2.35. The Kier molecular flexibility index (Phi) is 4.88. The summed E-state index contributed by atoms with van der Waals surface area (Å²) in [4.78, 5) is 28.9. The lowest BCUT2D eigenvalue weighted by atomic mass is 10.1. The van der Waals surface area contributed by atoms with Gasteiger partial charge in [0.2, 0.25) is 5.65 Å². The van der Waals surface area contributed by atoms with Crippen LogP contribution in [-0.2, 0) is 6.54 Å².